The molecule has 0 heterocycles. The van der Waals surface area contributed by atoms with Gasteiger partial charge in [-0.15, -0.1) is 0 Å². The highest BCUT2D eigenvalue weighted by molar-refractivity contribution is 6.01. The van der Waals surface area contributed by atoms with E-state index in [1.807, 2.05) is 13.0 Å². The van der Waals surface area contributed by atoms with Gasteiger partial charge in [-0.1, -0.05) is 50.3 Å². The number of carbonyl (C=O) groups is 4. The van der Waals surface area contributed by atoms with E-state index in [2.05, 4.69) is 0 Å². The predicted octanol–water partition coefficient (Wildman–Crippen LogP) is 4.48. The molecule has 5 rings (SSSR count). The van der Waals surface area contributed by atoms with Gasteiger partial charge in [-0.2, -0.15) is 0 Å². The summed E-state index contributed by atoms with van der Waals surface area (Å²) in [6.07, 6.45) is 1.82. The Labute approximate surface area is 238 Å². The van der Waals surface area contributed by atoms with Gasteiger partial charge in [0, 0.05) is 16.7 Å². The van der Waals surface area contributed by atoms with Crippen molar-refractivity contribution in [1.29, 1.82) is 0 Å². The number of benzene rings is 1. The predicted molar refractivity (Wildman–Crippen MR) is 145 cm³/mol. The van der Waals surface area contributed by atoms with E-state index in [4.69, 9.17) is 14.2 Å². The summed E-state index contributed by atoms with van der Waals surface area (Å²) in [5.74, 6) is -2.48. The second-order valence-corrected chi connectivity index (χ2v) is 12.2. The van der Waals surface area contributed by atoms with Crippen LogP contribution < -0.4 is 0 Å². The SMILES string of the molecule is CCOC(=O)O[C@]1(C(=O)COC(=O)Cc2ccccc2)CC[C@H]2[C@@H]3C[C@H](F)C4=CC(=O)C=C[C@]4(C)[C@H]3C(O)C[C@@]21C. The molecule has 0 aliphatic heterocycles. The number of ether oxygens (including phenoxy) is 3. The van der Waals surface area contributed by atoms with Gasteiger partial charge < -0.3 is 19.3 Å². The average molecular weight is 569 g/mol. The molecule has 8 nitrogen and oxygen atoms in total. The Hall–Kier alpha value is -3.33. The average Bonchev–Trinajstić information content (AvgIpc) is 3.21. The maximum Gasteiger partial charge on any atom is 0.509 e. The van der Waals surface area contributed by atoms with Gasteiger partial charge in [-0.25, -0.2) is 9.18 Å². The lowest BCUT2D eigenvalue weighted by molar-refractivity contribution is -0.187. The van der Waals surface area contributed by atoms with Crippen LogP contribution in [-0.2, 0) is 35.0 Å². The second-order valence-electron chi connectivity index (χ2n) is 12.2. The fourth-order valence-corrected chi connectivity index (χ4v) is 8.37. The summed E-state index contributed by atoms with van der Waals surface area (Å²) in [6, 6.07) is 8.97. The van der Waals surface area contributed by atoms with E-state index in [1.54, 1.807) is 44.2 Å². The molecule has 8 atom stereocenters. The van der Waals surface area contributed by atoms with E-state index in [-0.39, 0.29) is 55.8 Å². The third kappa shape index (κ3) is 4.82. The molecule has 1 aromatic rings. The minimum atomic E-state index is -1.73. The van der Waals surface area contributed by atoms with Crippen molar-refractivity contribution in [2.45, 2.75) is 70.8 Å². The van der Waals surface area contributed by atoms with Crippen LogP contribution in [0.1, 0.15) is 52.0 Å². The lowest BCUT2D eigenvalue weighted by atomic mass is 9.46. The van der Waals surface area contributed by atoms with Gasteiger partial charge in [-0.3, -0.25) is 14.4 Å². The van der Waals surface area contributed by atoms with Gasteiger partial charge in [0.1, 0.15) is 6.17 Å². The Balaban J connectivity index is 1.44. The Morgan fingerprint density at radius 3 is 2.56 bits per heavy atom. The van der Waals surface area contributed by atoms with Gasteiger partial charge in [0.05, 0.1) is 19.1 Å². The van der Waals surface area contributed by atoms with Crippen molar-refractivity contribution in [2.24, 2.45) is 28.6 Å². The van der Waals surface area contributed by atoms with Crippen LogP contribution in [0, 0.1) is 28.6 Å². The number of allylic oxidation sites excluding steroid dienone is 4. The summed E-state index contributed by atoms with van der Waals surface area (Å²) in [6.45, 7) is 4.69. The van der Waals surface area contributed by atoms with Crippen molar-refractivity contribution in [1.82, 2.24) is 0 Å². The van der Waals surface area contributed by atoms with Gasteiger partial charge in [0.25, 0.3) is 0 Å². The van der Waals surface area contributed by atoms with Gasteiger partial charge >= 0.3 is 12.1 Å². The molecular formula is C32H37FO8. The molecule has 0 spiro atoms. The number of hydrogen-bond acceptors (Lipinski definition) is 8. The van der Waals surface area contributed by atoms with Gasteiger partial charge in [-0.05, 0) is 67.7 Å². The topological polar surface area (TPSA) is 116 Å². The molecule has 0 bridgehead atoms. The Morgan fingerprint density at radius 2 is 1.85 bits per heavy atom. The zero-order valence-electron chi connectivity index (χ0n) is 23.6. The maximum absolute atomic E-state index is 15.7. The monoisotopic (exact) mass is 568 g/mol. The number of Topliss-reactive ketones (excluding diaryl/α,β-unsaturated/α-hetero) is 1. The van der Waals surface area contributed by atoms with Crippen LogP contribution in [0.15, 0.2) is 54.1 Å². The first kappa shape index (κ1) is 29.2. The van der Waals surface area contributed by atoms with Gasteiger partial charge in [0.2, 0.25) is 5.78 Å². The van der Waals surface area contributed by atoms with Crippen molar-refractivity contribution in [2.75, 3.05) is 13.2 Å². The molecule has 9 heteroatoms. The van der Waals surface area contributed by atoms with Crippen LogP contribution in [0.2, 0.25) is 0 Å². The molecule has 41 heavy (non-hydrogen) atoms. The lowest BCUT2D eigenvalue weighted by Crippen LogP contribution is -2.64. The van der Waals surface area contributed by atoms with Crippen LogP contribution >= 0.6 is 0 Å². The van der Waals surface area contributed by atoms with Crippen molar-refractivity contribution in [3.8, 4) is 0 Å². The number of alkyl halides is 1. The summed E-state index contributed by atoms with van der Waals surface area (Å²) in [5, 5.41) is 11.7. The summed E-state index contributed by atoms with van der Waals surface area (Å²) >= 11 is 0. The first-order valence-corrected chi connectivity index (χ1v) is 14.3. The quantitative estimate of drug-likeness (QED) is 0.479. The van der Waals surface area contributed by atoms with Crippen molar-refractivity contribution in [3.63, 3.8) is 0 Å². The first-order valence-electron chi connectivity index (χ1n) is 14.3. The number of aliphatic hydroxyl groups is 1. The molecule has 220 valence electrons. The van der Waals surface area contributed by atoms with E-state index in [0.717, 1.165) is 5.56 Å². The third-order valence-corrected chi connectivity index (χ3v) is 10.1. The number of esters is 1. The van der Waals surface area contributed by atoms with Crippen LogP contribution in [-0.4, -0.2) is 59.9 Å². The first-order chi connectivity index (χ1) is 19.4. The maximum atomic E-state index is 15.7. The zero-order valence-corrected chi connectivity index (χ0v) is 23.6. The fraction of sp³-hybridized carbons (Fsp3) is 0.562. The number of hydrogen-bond donors (Lipinski definition) is 1. The molecule has 1 unspecified atom stereocenters. The molecule has 4 aliphatic carbocycles. The van der Waals surface area contributed by atoms with Crippen LogP contribution in [0.4, 0.5) is 9.18 Å². The third-order valence-electron chi connectivity index (χ3n) is 10.1. The number of aliphatic hydroxyl groups excluding tert-OH is 1. The number of rotatable bonds is 7. The van der Waals surface area contributed by atoms with Crippen molar-refractivity contribution >= 4 is 23.7 Å². The Morgan fingerprint density at radius 1 is 1.12 bits per heavy atom. The minimum absolute atomic E-state index is 0.0233. The van der Waals surface area contributed by atoms with Crippen molar-refractivity contribution < 1.29 is 42.9 Å². The largest absolute Gasteiger partial charge is 0.509 e. The highest BCUT2D eigenvalue weighted by Crippen LogP contribution is 2.68. The summed E-state index contributed by atoms with van der Waals surface area (Å²) in [4.78, 5) is 51.3. The van der Waals surface area contributed by atoms with Crippen LogP contribution in [0.5, 0.6) is 0 Å². The highest BCUT2D eigenvalue weighted by atomic mass is 19.1. The molecule has 3 saturated carbocycles. The van der Waals surface area contributed by atoms with E-state index in [0.29, 0.717) is 12.0 Å². The number of ketones is 2. The normalized spacial score (nSPS) is 37.2. The fourth-order valence-electron chi connectivity index (χ4n) is 8.37. The molecule has 0 amide bonds. The minimum Gasteiger partial charge on any atom is -0.457 e. The molecule has 1 N–H and O–H groups in total. The van der Waals surface area contributed by atoms with E-state index in [9.17, 15) is 24.3 Å². The molecule has 0 radical (unpaired) electrons. The summed E-state index contributed by atoms with van der Waals surface area (Å²) < 4.78 is 32.0. The Kier molecular flexibility index (Phi) is 7.70. The van der Waals surface area contributed by atoms with Crippen LogP contribution in [0.25, 0.3) is 0 Å². The number of halogens is 1. The zero-order chi connectivity index (χ0) is 29.6. The molecule has 1 aromatic carbocycles. The molecule has 3 fully saturated rings. The van der Waals surface area contributed by atoms with E-state index in [1.165, 1.54) is 12.2 Å². The number of carbonyl (C=O) groups excluding carboxylic acids is 4. The molecule has 4 aliphatic rings. The number of fused-ring (bicyclic) bond motifs is 5. The van der Waals surface area contributed by atoms with E-state index >= 15 is 4.39 Å². The standard InChI is InChI=1S/C32H37FO8/c1-4-39-29(38)41-32(26(36)18-40-27(37)14-19-8-6-5-7-9-19)13-11-22-21-16-24(33)23-15-20(34)10-12-30(23,2)28(21)25(35)17-31(22,32)3/h5-10,12,15,21-22,24-25,28,35H,4,11,13-14,16-18H2,1-3H3/t21-,22-,24-,25?,28+,30-,31-,32-/m0/s1. The molecule has 0 saturated heterocycles. The smallest absolute Gasteiger partial charge is 0.457 e. The van der Waals surface area contributed by atoms with Gasteiger partial charge in [0.15, 0.2) is 18.0 Å². The second kappa shape index (κ2) is 10.8. The Bertz CT molecular complexity index is 1290. The van der Waals surface area contributed by atoms with Crippen molar-refractivity contribution in [3.05, 3.63) is 59.7 Å². The summed E-state index contributed by atoms with van der Waals surface area (Å²) in [5.41, 5.74) is -2.56. The van der Waals surface area contributed by atoms with Crippen LogP contribution in [0.3, 0.4) is 0 Å². The highest BCUT2D eigenvalue weighted by Gasteiger charge is 2.71. The molecular weight excluding hydrogens is 531 g/mol. The lowest BCUT2D eigenvalue weighted by Gasteiger charge is -2.60. The summed E-state index contributed by atoms with van der Waals surface area (Å²) in [7, 11) is 0. The van der Waals surface area contributed by atoms with E-state index < -0.39 is 53.2 Å². The molecule has 0 aromatic heterocycles.